The summed E-state index contributed by atoms with van der Waals surface area (Å²) in [5, 5.41) is 3.03. The summed E-state index contributed by atoms with van der Waals surface area (Å²) in [4.78, 5) is 28.4. The third-order valence-corrected chi connectivity index (χ3v) is 3.94. The number of hydrogen-bond donors (Lipinski definition) is 1. The molecule has 112 valence electrons. The van der Waals surface area contributed by atoms with Crippen LogP contribution in [0.4, 0.5) is 0 Å². The summed E-state index contributed by atoms with van der Waals surface area (Å²) in [6, 6.07) is 0. The fourth-order valence-electron chi connectivity index (χ4n) is 2.03. The Morgan fingerprint density at radius 1 is 1.71 bits per heavy atom. The van der Waals surface area contributed by atoms with Gasteiger partial charge in [-0.05, 0) is 5.53 Å². The summed E-state index contributed by atoms with van der Waals surface area (Å²) in [5.41, 5.74) is 7.40. The van der Waals surface area contributed by atoms with Crippen molar-refractivity contribution in [1.82, 2.24) is 9.55 Å². The molecule has 10 heteroatoms. The van der Waals surface area contributed by atoms with Crippen LogP contribution in [0.2, 0.25) is 0 Å². The first-order valence-electron chi connectivity index (χ1n) is 5.94. The number of nitrogens with one attached hydrogen (secondary N) is 1. The van der Waals surface area contributed by atoms with E-state index in [1.807, 2.05) is 0 Å². The van der Waals surface area contributed by atoms with Crippen molar-refractivity contribution >= 4 is 32.0 Å². The van der Waals surface area contributed by atoms with Crippen molar-refractivity contribution in [2.75, 3.05) is 6.54 Å². The topological polar surface area (TPSA) is 113 Å². The van der Waals surface area contributed by atoms with E-state index in [0.717, 1.165) is 0 Å². The van der Waals surface area contributed by atoms with Crippen LogP contribution < -0.4 is 11.2 Å². The van der Waals surface area contributed by atoms with Crippen LogP contribution in [0.25, 0.3) is 14.9 Å². The lowest BCUT2D eigenvalue weighted by Crippen LogP contribution is -2.33. The van der Waals surface area contributed by atoms with Crippen LogP contribution in [-0.4, -0.2) is 27.6 Å². The maximum Gasteiger partial charge on any atom is 0.330 e. The molecule has 1 fully saturated rings. The van der Waals surface area contributed by atoms with E-state index in [4.69, 9.17) is 21.9 Å². The molecule has 8 nitrogen and oxygen atoms in total. The van der Waals surface area contributed by atoms with Crippen molar-refractivity contribution in [1.29, 1.82) is 0 Å². The Bertz CT molecular complexity index is 723. The van der Waals surface area contributed by atoms with Crippen molar-refractivity contribution < 1.29 is 4.74 Å². The highest BCUT2D eigenvalue weighted by atomic mass is 79.9. The van der Waals surface area contributed by atoms with Crippen LogP contribution in [0.15, 0.2) is 27.5 Å². The fourth-order valence-corrected chi connectivity index (χ4v) is 2.61. The van der Waals surface area contributed by atoms with Gasteiger partial charge in [-0.1, -0.05) is 27.6 Å². The van der Waals surface area contributed by atoms with Gasteiger partial charge in [-0.3, -0.25) is 14.3 Å². The quantitative estimate of drug-likeness (QED) is 0.376. The van der Waals surface area contributed by atoms with E-state index in [0.29, 0.717) is 10.9 Å². The van der Waals surface area contributed by atoms with Gasteiger partial charge in [0, 0.05) is 22.0 Å². The minimum absolute atomic E-state index is 0.0806. The highest BCUT2D eigenvalue weighted by Crippen LogP contribution is 2.31. The van der Waals surface area contributed by atoms with Gasteiger partial charge in [-0.2, -0.15) is 0 Å². The van der Waals surface area contributed by atoms with Crippen LogP contribution in [-0.2, 0) is 4.74 Å². The second kappa shape index (κ2) is 6.48. The molecule has 2 rings (SSSR count). The molecule has 1 aromatic rings. The number of H-pyrrole nitrogens is 1. The molecule has 0 radical (unpaired) electrons. The molecule has 0 saturated carbocycles. The molecular weight excluding hydrogens is 366 g/mol. The maximum absolute atomic E-state index is 11.9. The van der Waals surface area contributed by atoms with E-state index in [9.17, 15) is 9.59 Å². The summed E-state index contributed by atoms with van der Waals surface area (Å²) in [6.45, 7) is 3.69. The zero-order chi connectivity index (χ0) is 15.6. The molecule has 0 spiro atoms. The number of alkyl halides is 1. The molecule has 21 heavy (non-hydrogen) atoms. The molecule has 0 bridgehead atoms. The number of ether oxygens (including phenoxy) is 1. The van der Waals surface area contributed by atoms with Crippen LogP contribution in [0.5, 0.6) is 0 Å². The Kier molecular flexibility index (Phi) is 4.89. The van der Waals surface area contributed by atoms with Gasteiger partial charge in [-0.15, -0.1) is 11.6 Å². The number of aromatic nitrogens is 2. The van der Waals surface area contributed by atoms with E-state index in [1.165, 1.54) is 10.8 Å². The van der Waals surface area contributed by atoms with Crippen molar-refractivity contribution in [2.45, 2.75) is 24.1 Å². The first-order chi connectivity index (χ1) is 9.93. The van der Waals surface area contributed by atoms with Crippen molar-refractivity contribution in [2.24, 2.45) is 5.11 Å². The molecule has 1 N–H and O–H groups in total. The monoisotopic (exact) mass is 375 g/mol. The van der Waals surface area contributed by atoms with E-state index >= 15 is 0 Å². The van der Waals surface area contributed by atoms with Gasteiger partial charge in [0.05, 0.1) is 23.6 Å². The van der Waals surface area contributed by atoms with E-state index in [1.54, 1.807) is 0 Å². The molecule has 1 unspecified atom stereocenters. The number of nitrogens with zero attached hydrogens (tertiary/aromatic N) is 4. The van der Waals surface area contributed by atoms with E-state index < -0.39 is 29.0 Å². The second-order valence-electron chi connectivity index (χ2n) is 4.41. The summed E-state index contributed by atoms with van der Waals surface area (Å²) >= 11 is 9.23. The first kappa shape index (κ1) is 15.8. The number of hydrogen-bond acceptors (Lipinski definition) is 4. The number of halogens is 2. The smallest absolute Gasteiger partial charge is 0.330 e. The molecule has 2 heterocycles. The molecule has 1 aliphatic rings. The van der Waals surface area contributed by atoms with Gasteiger partial charge in [-0.25, -0.2) is 4.79 Å². The summed E-state index contributed by atoms with van der Waals surface area (Å²) in [5.74, 6) is 0. The van der Waals surface area contributed by atoms with Crippen LogP contribution in [0, 0.1) is 0 Å². The Morgan fingerprint density at radius 2 is 2.43 bits per heavy atom. The van der Waals surface area contributed by atoms with E-state index in [2.05, 4.69) is 37.5 Å². The van der Waals surface area contributed by atoms with Gasteiger partial charge < -0.3 is 4.74 Å². The predicted molar refractivity (Wildman–Crippen MR) is 81.5 cm³/mol. The van der Waals surface area contributed by atoms with Crippen molar-refractivity contribution in [3.63, 3.8) is 0 Å². The summed E-state index contributed by atoms with van der Waals surface area (Å²) in [7, 11) is 0. The fraction of sp³-hybridized carbons (Fsp3) is 0.455. The third kappa shape index (κ3) is 3.38. The Labute approximate surface area is 132 Å². The first-order valence-corrected chi connectivity index (χ1v) is 7.17. The average Bonchev–Trinajstić information content (AvgIpc) is 2.77. The SMILES string of the molecule is C=C(Br)c1cn([C@H]2CC(Cl)[C@@H](CN=[N+]=[N-])O2)c(=O)[nH]c1=O. The normalized spacial score (nSPS) is 24.6. The zero-order valence-electron chi connectivity index (χ0n) is 10.7. The zero-order valence-corrected chi connectivity index (χ0v) is 13.0. The summed E-state index contributed by atoms with van der Waals surface area (Å²) < 4.78 is 7.21. The Hall–Kier alpha value is -1.54. The van der Waals surface area contributed by atoms with Gasteiger partial charge in [0.25, 0.3) is 5.56 Å². The van der Waals surface area contributed by atoms with Gasteiger partial charge in [0.15, 0.2) is 0 Å². The lowest BCUT2D eigenvalue weighted by atomic mass is 10.2. The molecule has 0 amide bonds. The summed E-state index contributed by atoms with van der Waals surface area (Å²) in [6.07, 6.45) is 0.596. The van der Waals surface area contributed by atoms with Crippen LogP contribution in [0.1, 0.15) is 18.2 Å². The molecule has 1 aromatic heterocycles. The minimum Gasteiger partial charge on any atom is -0.353 e. The van der Waals surface area contributed by atoms with Crippen LogP contribution in [0.3, 0.4) is 0 Å². The lowest BCUT2D eigenvalue weighted by molar-refractivity contribution is 0.00403. The molecule has 1 saturated heterocycles. The largest absolute Gasteiger partial charge is 0.353 e. The van der Waals surface area contributed by atoms with Gasteiger partial charge in [0.2, 0.25) is 0 Å². The predicted octanol–water partition coefficient (Wildman–Crippen LogP) is 2.11. The molecular formula is C11H11BrClN5O3. The number of azide groups is 1. The van der Waals surface area contributed by atoms with Gasteiger partial charge >= 0.3 is 5.69 Å². The standard InChI is InChI=1S/C11H11BrClN5O3/c1-5(12)6-4-18(11(20)16-10(6)19)9-2-7(13)8(21-9)3-15-17-14/h4,7-9H,1-3H2,(H,16,19,20)/t7?,8-,9-/m1/s1. The minimum atomic E-state index is -0.638. The Balaban J connectivity index is 2.33. The molecule has 3 atom stereocenters. The van der Waals surface area contributed by atoms with Crippen molar-refractivity contribution in [3.05, 3.63) is 49.6 Å². The molecule has 0 aliphatic carbocycles. The average molecular weight is 377 g/mol. The second-order valence-corrected chi connectivity index (χ2v) is 5.93. The number of rotatable bonds is 4. The molecule has 1 aliphatic heterocycles. The molecule has 0 aromatic carbocycles. The maximum atomic E-state index is 11.9. The van der Waals surface area contributed by atoms with Crippen molar-refractivity contribution in [3.8, 4) is 0 Å². The highest BCUT2D eigenvalue weighted by molar-refractivity contribution is 9.15. The van der Waals surface area contributed by atoms with E-state index in [-0.39, 0.29) is 12.1 Å². The van der Waals surface area contributed by atoms with Gasteiger partial charge in [0.1, 0.15) is 6.23 Å². The van der Waals surface area contributed by atoms with Crippen LogP contribution >= 0.6 is 27.5 Å². The Morgan fingerprint density at radius 3 is 3.05 bits per heavy atom. The third-order valence-electron chi connectivity index (χ3n) is 3.06. The number of aromatic amines is 1. The highest BCUT2D eigenvalue weighted by Gasteiger charge is 2.35. The lowest BCUT2D eigenvalue weighted by Gasteiger charge is -2.15.